The molecule has 5 heteroatoms. The molecule has 19 heavy (non-hydrogen) atoms. The van der Waals surface area contributed by atoms with Gasteiger partial charge in [-0.25, -0.2) is 0 Å². The quantitative estimate of drug-likeness (QED) is 0.739. The van der Waals surface area contributed by atoms with Gasteiger partial charge in [-0.3, -0.25) is 4.79 Å². The lowest BCUT2D eigenvalue weighted by atomic mass is 10.0. The first kappa shape index (κ1) is 15.8. The Kier molecular flexibility index (Phi) is 6.70. The van der Waals surface area contributed by atoms with Crippen molar-refractivity contribution in [2.75, 3.05) is 14.2 Å². The molecule has 0 amide bonds. The van der Waals surface area contributed by atoms with Crippen molar-refractivity contribution in [3.05, 3.63) is 22.2 Å². The number of hydrogen-bond acceptors (Lipinski definition) is 3. The lowest BCUT2D eigenvalue weighted by Gasteiger charge is -2.12. The SMILES string of the molecule is COc1cc(CCCCCC(=O)O)c(OC)cc1Br. The first-order valence-electron chi connectivity index (χ1n) is 6.20. The van der Waals surface area contributed by atoms with Gasteiger partial charge in [0, 0.05) is 6.42 Å². The number of halogens is 1. The van der Waals surface area contributed by atoms with Crippen molar-refractivity contribution in [3.63, 3.8) is 0 Å². The fourth-order valence-electron chi connectivity index (χ4n) is 1.89. The summed E-state index contributed by atoms with van der Waals surface area (Å²) in [6.45, 7) is 0. The molecule has 0 atom stereocenters. The van der Waals surface area contributed by atoms with E-state index in [-0.39, 0.29) is 6.42 Å². The summed E-state index contributed by atoms with van der Waals surface area (Å²) in [5.74, 6) is 0.870. The maximum absolute atomic E-state index is 10.4. The lowest BCUT2D eigenvalue weighted by molar-refractivity contribution is -0.137. The monoisotopic (exact) mass is 330 g/mol. The number of carboxylic acids is 1. The summed E-state index contributed by atoms with van der Waals surface area (Å²) in [6, 6.07) is 3.85. The molecule has 0 aliphatic rings. The molecule has 106 valence electrons. The second kappa shape index (κ2) is 8.04. The first-order chi connectivity index (χ1) is 9.08. The summed E-state index contributed by atoms with van der Waals surface area (Å²) in [5, 5.41) is 8.57. The van der Waals surface area contributed by atoms with Gasteiger partial charge in [-0.1, -0.05) is 6.42 Å². The Bertz CT molecular complexity index is 432. The van der Waals surface area contributed by atoms with Crippen LogP contribution in [0.5, 0.6) is 11.5 Å². The van der Waals surface area contributed by atoms with Gasteiger partial charge >= 0.3 is 5.97 Å². The summed E-state index contributed by atoms with van der Waals surface area (Å²) in [6.07, 6.45) is 3.64. The van der Waals surface area contributed by atoms with Crippen molar-refractivity contribution < 1.29 is 19.4 Å². The van der Waals surface area contributed by atoms with Gasteiger partial charge in [-0.05, 0) is 52.9 Å². The summed E-state index contributed by atoms with van der Waals surface area (Å²) >= 11 is 3.42. The molecule has 1 N–H and O–H groups in total. The molecule has 0 fully saturated rings. The van der Waals surface area contributed by atoms with Gasteiger partial charge < -0.3 is 14.6 Å². The minimum absolute atomic E-state index is 0.237. The van der Waals surface area contributed by atoms with E-state index in [2.05, 4.69) is 15.9 Å². The molecular weight excluding hydrogens is 312 g/mol. The largest absolute Gasteiger partial charge is 0.496 e. The van der Waals surface area contributed by atoms with E-state index in [0.717, 1.165) is 40.8 Å². The van der Waals surface area contributed by atoms with Crippen molar-refractivity contribution in [2.45, 2.75) is 32.1 Å². The molecule has 0 aliphatic heterocycles. The van der Waals surface area contributed by atoms with Crippen molar-refractivity contribution in [1.82, 2.24) is 0 Å². The maximum Gasteiger partial charge on any atom is 0.303 e. The predicted molar refractivity (Wildman–Crippen MR) is 77.1 cm³/mol. The molecule has 1 rings (SSSR count). The normalized spacial score (nSPS) is 10.3. The molecule has 1 aromatic carbocycles. The third-order valence-corrected chi connectivity index (χ3v) is 3.51. The van der Waals surface area contributed by atoms with E-state index in [9.17, 15) is 4.79 Å². The van der Waals surface area contributed by atoms with Crippen LogP contribution >= 0.6 is 15.9 Å². The van der Waals surface area contributed by atoms with Crippen molar-refractivity contribution in [1.29, 1.82) is 0 Å². The zero-order chi connectivity index (χ0) is 14.3. The summed E-state index contributed by atoms with van der Waals surface area (Å²) in [5.41, 5.74) is 1.08. The van der Waals surface area contributed by atoms with Gasteiger partial charge in [0.05, 0.1) is 18.7 Å². The second-order valence-corrected chi connectivity index (χ2v) is 5.11. The molecule has 1 aromatic rings. The Hall–Kier alpha value is -1.23. The fraction of sp³-hybridized carbons (Fsp3) is 0.500. The van der Waals surface area contributed by atoms with Crippen LogP contribution in [0.3, 0.4) is 0 Å². The third-order valence-electron chi connectivity index (χ3n) is 2.89. The average molecular weight is 331 g/mol. The lowest BCUT2D eigenvalue weighted by Crippen LogP contribution is -1.97. The van der Waals surface area contributed by atoms with Gasteiger partial charge in [0.2, 0.25) is 0 Å². The van der Waals surface area contributed by atoms with Crippen molar-refractivity contribution in [2.24, 2.45) is 0 Å². The van der Waals surface area contributed by atoms with E-state index in [1.807, 2.05) is 12.1 Å². The van der Waals surface area contributed by atoms with E-state index in [4.69, 9.17) is 14.6 Å². The van der Waals surface area contributed by atoms with Crippen LogP contribution < -0.4 is 9.47 Å². The first-order valence-corrected chi connectivity index (χ1v) is 7.00. The highest BCUT2D eigenvalue weighted by atomic mass is 79.9. The number of rotatable bonds is 8. The van der Waals surface area contributed by atoms with Gasteiger partial charge in [0.25, 0.3) is 0 Å². The molecule has 0 saturated heterocycles. The Balaban J connectivity index is 2.58. The molecule has 0 unspecified atom stereocenters. The Morgan fingerprint density at radius 3 is 2.42 bits per heavy atom. The highest BCUT2D eigenvalue weighted by molar-refractivity contribution is 9.10. The molecule has 0 spiro atoms. The minimum atomic E-state index is -0.733. The zero-order valence-electron chi connectivity index (χ0n) is 11.2. The number of aryl methyl sites for hydroxylation is 1. The van der Waals surface area contributed by atoms with Crippen LogP contribution in [0, 0.1) is 0 Å². The molecule has 0 heterocycles. The minimum Gasteiger partial charge on any atom is -0.496 e. The fourth-order valence-corrected chi connectivity index (χ4v) is 2.37. The molecule has 0 aromatic heterocycles. The molecule has 0 aliphatic carbocycles. The van der Waals surface area contributed by atoms with Gasteiger partial charge in [-0.15, -0.1) is 0 Å². The van der Waals surface area contributed by atoms with E-state index in [1.165, 1.54) is 0 Å². The van der Waals surface area contributed by atoms with Gasteiger partial charge in [-0.2, -0.15) is 0 Å². The highest BCUT2D eigenvalue weighted by Gasteiger charge is 2.09. The highest BCUT2D eigenvalue weighted by Crippen LogP contribution is 2.33. The second-order valence-electron chi connectivity index (χ2n) is 4.25. The molecule has 0 bridgehead atoms. The number of aliphatic carboxylic acids is 1. The average Bonchev–Trinajstić information content (AvgIpc) is 2.38. The maximum atomic E-state index is 10.4. The standard InChI is InChI=1S/C14H19BrO4/c1-18-12-9-11(15)13(19-2)8-10(12)6-4-3-5-7-14(16)17/h8-9H,3-7H2,1-2H3,(H,16,17). The van der Waals surface area contributed by atoms with Gasteiger partial charge in [0.15, 0.2) is 0 Å². The van der Waals surface area contributed by atoms with Gasteiger partial charge in [0.1, 0.15) is 11.5 Å². The Morgan fingerprint density at radius 2 is 1.84 bits per heavy atom. The number of unbranched alkanes of at least 4 members (excludes halogenated alkanes) is 2. The number of benzene rings is 1. The summed E-state index contributed by atoms with van der Waals surface area (Å²) < 4.78 is 11.5. The molecular formula is C14H19BrO4. The van der Waals surface area contributed by atoms with E-state index >= 15 is 0 Å². The van der Waals surface area contributed by atoms with Crippen LogP contribution in [-0.2, 0) is 11.2 Å². The third kappa shape index (κ3) is 5.11. The van der Waals surface area contributed by atoms with Crippen LogP contribution in [0.25, 0.3) is 0 Å². The molecule has 0 saturated carbocycles. The number of carbonyl (C=O) groups is 1. The van der Waals surface area contributed by atoms with Crippen LogP contribution in [0.15, 0.2) is 16.6 Å². The van der Waals surface area contributed by atoms with Crippen molar-refractivity contribution >= 4 is 21.9 Å². The number of hydrogen-bond donors (Lipinski definition) is 1. The van der Waals surface area contributed by atoms with Crippen molar-refractivity contribution in [3.8, 4) is 11.5 Å². The smallest absolute Gasteiger partial charge is 0.303 e. The Morgan fingerprint density at radius 1 is 1.16 bits per heavy atom. The summed E-state index contributed by atoms with van der Waals surface area (Å²) in [7, 11) is 3.27. The van der Waals surface area contributed by atoms with Crippen LogP contribution in [0.4, 0.5) is 0 Å². The topological polar surface area (TPSA) is 55.8 Å². The van der Waals surface area contributed by atoms with Crippen LogP contribution in [0.2, 0.25) is 0 Å². The number of methoxy groups -OCH3 is 2. The molecule has 4 nitrogen and oxygen atoms in total. The van der Waals surface area contributed by atoms with E-state index in [1.54, 1.807) is 14.2 Å². The van der Waals surface area contributed by atoms with Crippen LogP contribution in [-0.4, -0.2) is 25.3 Å². The predicted octanol–water partition coefficient (Wildman–Crippen LogP) is 3.65. The number of carboxylic acid groups (broad SMARTS) is 1. The Labute approximate surface area is 121 Å². The summed E-state index contributed by atoms with van der Waals surface area (Å²) in [4.78, 5) is 10.4. The van der Waals surface area contributed by atoms with E-state index < -0.39 is 5.97 Å². The van der Waals surface area contributed by atoms with E-state index in [0.29, 0.717) is 6.42 Å². The zero-order valence-corrected chi connectivity index (χ0v) is 12.8. The molecule has 0 radical (unpaired) electrons. The van der Waals surface area contributed by atoms with Crippen LogP contribution in [0.1, 0.15) is 31.2 Å². The number of ether oxygens (including phenoxy) is 2.